The maximum absolute atomic E-state index is 12.3. The van der Waals surface area contributed by atoms with Crippen LogP contribution in [0.3, 0.4) is 0 Å². The molecule has 2 aliphatic rings. The summed E-state index contributed by atoms with van der Waals surface area (Å²) in [7, 11) is 0. The Morgan fingerprint density at radius 3 is 1.36 bits per heavy atom. The lowest BCUT2D eigenvalue weighted by atomic mass is 9.92. The lowest BCUT2D eigenvalue weighted by Gasteiger charge is -2.35. The van der Waals surface area contributed by atoms with Crippen LogP contribution in [0.5, 0.6) is 0 Å². The number of carbonyl (C=O) groups is 2. The van der Waals surface area contributed by atoms with Crippen LogP contribution >= 0.6 is 11.8 Å². The van der Waals surface area contributed by atoms with Gasteiger partial charge < -0.3 is 9.80 Å². The van der Waals surface area contributed by atoms with Crippen LogP contribution in [0.1, 0.15) is 53.4 Å². The third-order valence-electron chi connectivity index (χ3n) is 5.36. The highest BCUT2D eigenvalue weighted by Gasteiger charge is 2.26. The molecule has 4 atom stereocenters. The number of thioether (sulfide) groups is 1. The molecule has 2 saturated heterocycles. The molecule has 0 aromatic rings. The normalized spacial score (nSPS) is 30.4. The number of hydrogen-bond donors (Lipinski definition) is 0. The fraction of sp³-hybridized carbons (Fsp3) is 0.900. The number of carbonyl (C=O) groups excluding carboxylic acids is 2. The van der Waals surface area contributed by atoms with Crippen LogP contribution in [0.4, 0.5) is 0 Å². The van der Waals surface area contributed by atoms with E-state index in [1.807, 2.05) is 9.80 Å². The van der Waals surface area contributed by atoms with Gasteiger partial charge in [0.05, 0.1) is 0 Å². The van der Waals surface area contributed by atoms with Gasteiger partial charge in [0.1, 0.15) is 0 Å². The van der Waals surface area contributed by atoms with Gasteiger partial charge >= 0.3 is 0 Å². The highest BCUT2D eigenvalue weighted by molar-refractivity contribution is 7.99. The molecule has 5 heteroatoms. The van der Waals surface area contributed by atoms with Crippen LogP contribution in [0.15, 0.2) is 0 Å². The number of rotatable bonds is 6. The third kappa shape index (κ3) is 6.84. The Morgan fingerprint density at radius 1 is 0.720 bits per heavy atom. The molecule has 0 saturated carbocycles. The first-order valence-electron chi connectivity index (χ1n) is 9.98. The first-order valence-corrected chi connectivity index (χ1v) is 11.1. The van der Waals surface area contributed by atoms with Crippen molar-refractivity contribution < 1.29 is 9.59 Å². The Balaban J connectivity index is 1.59. The molecule has 2 rings (SSSR count). The van der Waals surface area contributed by atoms with Crippen LogP contribution in [0.2, 0.25) is 0 Å². The summed E-state index contributed by atoms with van der Waals surface area (Å²) >= 11 is 1.75. The van der Waals surface area contributed by atoms with Crippen molar-refractivity contribution in [2.45, 2.75) is 53.4 Å². The number of likely N-dealkylation sites (tertiary alicyclic amines) is 2. The molecule has 0 spiro atoms. The fourth-order valence-corrected chi connectivity index (χ4v) is 5.31. The molecule has 0 radical (unpaired) electrons. The molecule has 2 fully saturated rings. The zero-order valence-electron chi connectivity index (χ0n) is 16.5. The molecule has 0 aliphatic carbocycles. The first kappa shape index (κ1) is 20.6. The van der Waals surface area contributed by atoms with Crippen molar-refractivity contribution in [3.63, 3.8) is 0 Å². The van der Waals surface area contributed by atoms with Crippen molar-refractivity contribution in [1.29, 1.82) is 0 Å². The molecule has 0 bridgehead atoms. The highest BCUT2D eigenvalue weighted by atomic mass is 32.2. The molecule has 2 aliphatic heterocycles. The average molecular weight is 369 g/mol. The second kappa shape index (κ2) is 9.84. The monoisotopic (exact) mass is 368 g/mol. The Labute approximate surface area is 158 Å². The van der Waals surface area contributed by atoms with E-state index in [-0.39, 0.29) is 11.8 Å². The Kier molecular flexibility index (Phi) is 8.11. The van der Waals surface area contributed by atoms with E-state index in [1.165, 1.54) is 12.8 Å². The van der Waals surface area contributed by atoms with Gasteiger partial charge in [-0.25, -0.2) is 0 Å². The van der Waals surface area contributed by atoms with Crippen molar-refractivity contribution in [3.05, 3.63) is 0 Å². The molecule has 4 nitrogen and oxygen atoms in total. The van der Waals surface area contributed by atoms with E-state index in [0.29, 0.717) is 36.5 Å². The van der Waals surface area contributed by atoms with E-state index >= 15 is 0 Å². The molecule has 0 aromatic carbocycles. The van der Waals surface area contributed by atoms with Crippen LogP contribution < -0.4 is 0 Å². The van der Waals surface area contributed by atoms with Crippen LogP contribution in [0.25, 0.3) is 0 Å². The molecular formula is C20H36N2O2S. The zero-order valence-corrected chi connectivity index (χ0v) is 17.3. The van der Waals surface area contributed by atoms with Gasteiger partial charge in [0.25, 0.3) is 0 Å². The van der Waals surface area contributed by atoms with Gasteiger partial charge in [-0.2, -0.15) is 11.8 Å². The Hall–Kier alpha value is -0.710. The quantitative estimate of drug-likeness (QED) is 0.674. The van der Waals surface area contributed by atoms with Gasteiger partial charge in [-0.05, 0) is 36.5 Å². The maximum Gasteiger partial charge on any atom is 0.223 e. The largest absolute Gasteiger partial charge is 0.342 e. The van der Waals surface area contributed by atoms with E-state index in [9.17, 15) is 9.59 Å². The summed E-state index contributed by atoms with van der Waals surface area (Å²) < 4.78 is 0. The summed E-state index contributed by atoms with van der Waals surface area (Å²) in [4.78, 5) is 28.8. The topological polar surface area (TPSA) is 40.6 Å². The smallest absolute Gasteiger partial charge is 0.223 e. The van der Waals surface area contributed by atoms with Gasteiger partial charge in [0, 0.05) is 50.5 Å². The molecule has 25 heavy (non-hydrogen) atoms. The summed E-state index contributed by atoms with van der Waals surface area (Å²) in [6.45, 7) is 12.6. The summed E-state index contributed by atoms with van der Waals surface area (Å²) in [5.74, 6) is 4.71. The predicted molar refractivity (Wildman–Crippen MR) is 106 cm³/mol. The fourth-order valence-electron chi connectivity index (χ4n) is 4.47. The van der Waals surface area contributed by atoms with Crippen molar-refractivity contribution in [3.8, 4) is 0 Å². The summed E-state index contributed by atoms with van der Waals surface area (Å²) in [5.41, 5.74) is 0. The van der Waals surface area contributed by atoms with Crippen molar-refractivity contribution in [2.24, 2.45) is 23.7 Å². The minimum absolute atomic E-state index is 0.288. The molecule has 0 unspecified atom stereocenters. The van der Waals surface area contributed by atoms with Gasteiger partial charge in [-0.1, -0.05) is 27.7 Å². The van der Waals surface area contributed by atoms with Crippen molar-refractivity contribution in [2.75, 3.05) is 37.7 Å². The summed E-state index contributed by atoms with van der Waals surface area (Å²) in [6.07, 6.45) is 3.68. The van der Waals surface area contributed by atoms with Gasteiger partial charge in [0.2, 0.25) is 11.8 Å². The van der Waals surface area contributed by atoms with Crippen molar-refractivity contribution in [1.82, 2.24) is 9.80 Å². The second-order valence-corrected chi connectivity index (χ2v) is 9.83. The number of piperidine rings is 2. The van der Waals surface area contributed by atoms with E-state index in [1.54, 1.807) is 11.8 Å². The maximum atomic E-state index is 12.3. The first-order chi connectivity index (χ1) is 11.8. The zero-order chi connectivity index (χ0) is 18.4. The minimum atomic E-state index is 0.288. The lowest BCUT2D eigenvalue weighted by molar-refractivity contribution is -0.134. The molecule has 2 heterocycles. The molecule has 2 amide bonds. The predicted octanol–water partition coefficient (Wildman–Crippen LogP) is 3.51. The average Bonchev–Trinajstić information content (AvgIpc) is 2.52. The second-order valence-electron chi connectivity index (χ2n) is 8.60. The van der Waals surface area contributed by atoms with Gasteiger partial charge in [-0.15, -0.1) is 0 Å². The SMILES string of the molecule is C[C@@H]1C[C@H](C)CN(C(=O)CCSCCC(=O)N2C[C@H](C)C[C@H](C)C2)C1. The number of nitrogens with zero attached hydrogens (tertiary/aromatic N) is 2. The van der Waals surface area contributed by atoms with Crippen LogP contribution in [-0.4, -0.2) is 59.3 Å². The van der Waals surface area contributed by atoms with E-state index in [0.717, 1.165) is 37.7 Å². The van der Waals surface area contributed by atoms with E-state index in [4.69, 9.17) is 0 Å². The summed E-state index contributed by atoms with van der Waals surface area (Å²) in [6, 6.07) is 0. The number of hydrogen-bond acceptors (Lipinski definition) is 3. The third-order valence-corrected chi connectivity index (χ3v) is 6.35. The Bertz CT molecular complexity index is 397. The number of amides is 2. The standard InChI is InChI=1S/C20H36N2O2S/c1-15-9-16(2)12-21(11-15)19(23)5-7-25-8-6-20(24)22-13-17(3)10-18(4)14-22/h15-18H,5-14H2,1-4H3/t15-,16+,17-,18+. The molecule has 0 N–H and O–H groups in total. The Morgan fingerprint density at radius 2 is 1.04 bits per heavy atom. The molecule has 144 valence electrons. The van der Waals surface area contributed by atoms with Gasteiger partial charge in [-0.3, -0.25) is 9.59 Å². The van der Waals surface area contributed by atoms with E-state index < -0.39 is 0 Å². The lowest BCUT2D eigenvalue weighted by Crippen LogP contribution is -2.43. The molecule has 0 aromatic heterocycles. The van der Waals surface area contributed by atoms with Gasteiger partial charge in [0.15, 0.2) is 0 Å². The van der Waals surface area contributed by atoms with E-state index in [2.05, 4.69) is 27.7 Å². The minimum Gasteiger partial charge on any atom is -0.342 e. The van der Waals surface area contributed by atoms with Crippen LogP contribution in [0, 0.1) is 23.7 Å². The van der Waals surface area contributed by atoms with Crippen LogP contribution in [-0.2, 0) is 9.59 Å². The highest BCUT2D eigenvalue weighted by Crippen LogP contribution is 2.23. The summed E-state index contributed by atoms with van der Waals surface area (Å²) in [5, 5.41) is 0. The molecular weight excluding hydrogens is 332 g/mol. The van der Waals surface area contributed by atoms with Crippen molar-refractivity contribution >= 4 is 23.6 Å².